The lowest BCUT2D eigenvalue weighted by atomic mass is 10.2. The summed E-state index contributed by atoms with van der Waals surface area (Å²) in [5.41, 5.74) is 0.956. The van der Waals surface area contributed by atoms with Gasteiger partial charge in [-0.1, -0.05) is 12.1 Å². The second kappa shape index (κ2) is 7.44. The molecule has 0 unspecified atom stereocenters. The number of ether oxygens (including phenoxy) is 1. The van der Waals surface area contributed by atoms with E-state index in [9.17, 15) is 14.4 Å². The molecular formula is C15H19N3O4. The topological polar surface area (TPSA) is 79.0 Å². The number of methoxy groups -OCH3 is 1. The molecule has 0 radical (unpaired) electrons. The number of nitrogens with zero attached hydrogens (tertiary/aromatic N) is 2. The highest BCUT2D eigenvalue weighted by molar-refractivity contribution is 5.96. The normalized spacial score (nSPS) is 14.4. The number of benzene rings is 1. The van der Waals surface area contributed by atoms with Crippen molar-refractivity contribution in [3.05, 3.63) is 29.8 Å². The second-order valence-corrected chi connectivity index (χ2v) is 4.91. The lowest BCUT2D eigenvalue weighted by Gasteiger charge is -2.32. The number of esters is 1. The minimum Gasteiger partial charge on any atom is -0.465 e. The molecule has 0 atom stereocenters. The minimum atomic E-state index is -0.449. The van der Waals surface area contributed by atoms with Crippen LogP contribution in [0, 0.1) is 0 Å². The number of piperazine rings is 1. The Balaban J connectivity index is 1.92. The maximum atomic E-state index is 12.2. The molecule has 2 amide bonds. The first-order valence-corrected chi connectivity index (χ1v) is 7.04. The largest absolute Gasteiger partial charge is 0.465 e. The number of anilines is 1. The summed E-state index contributed by atoms with van der Waals surface area (Å²) in [7, 11) is 1.32. The summed E-state index contributed by atoms with van der Waals surface area (Å²) in [5, 5.41) is 2.98. The third-order valence-electron chi connectivity index (χ3n) is 3.58. The van der Waals surface area contributed by atoms with Crippen LogP contribution in [0.4, 0.5) is 5.69 Å². The van der Waals surface area contributed by atoms with Crippen molar-refractivity contribution in [2.45, 2.75) is 0 Å². The van der Waals surface area contributed by atoms with Gasteiger partial charge in [0.25, 0.3) is 0 Å². The molecule has 0 spiro atoms. The zero-order chi connectivity index (χ0) is 15.9. The van der Waals surface area contributed by atoms with E-state index in [1.807, 2.05) is 0 Å². The summed E-state index contributed by atoms with van der Waals surface area (Å²) in [6.45, 7) is 2.24. The van der Waals surface area contributed by atoms with Crippen molar-refractivity contribution in [2.24, 2.45) is 0 Å². The van der Waals surface area contributed by atoms with Crippen LogP contribution in [-0.2, 0) is 14.3 Å². The molecule has 0 aromatic heterocycles. The first-order chi connectivity index (χ1) is 10.7. The van der Waals surface area contributed by atoms with E-state index in [1.54, 1.807) is 34.1 Å². The number of carbonyl (C=O) groups excluding carboxylic acids is 3. The van der Waals surface area contributed by atoms with Crippen LogP contribution in [0.15, 0.2) is 24.3 Å². The Bertz CT molecular complexity index is 553. The monoisotopic (exact) mass is 305 g/mol. The smallest absolute Gasteiger partial charge is 0.339 e. The predicted octanol–water partition coefficient (Wildman–Crippen LogP) is 0.186. The summed E-state index contributed by atoms with van der Waals surface area (Å²) < 4.78 is 4.71. The number of carbonyl (C=O) groups is 3. The summed E-state index contributed by atoms with van der Waals surface area (Å²) in [5.74, 6) is -0.514. The molecule has 7 nitrogen and oxygen atoms in total. The second-order valence-electron chi connectivity index (χ2n) is 4.91. The Hall–Kier alpha value is -2.57. The molecule has 2 rings (SSSR count). The Kier molecular flexibility index (Phi) is 5.35. The molecule has 0 bridgehead atoms. The van der Waals surface area contributed by atoms with Gasteiger partial charge in [-0.2, -0.15) is 0 Å². The van der Waals surface area contributed by atoms with E-state index >= 15 is 0 Å². The molecule has 1 saturated heterocycles. The van der Waals surface area contributed by atoms with Crippen LogP contribution < -0.4 is 5.32 Å². The van der Waals surface area contributed by atoms with E-state index < -0.39 is 5.97 Å². The van der Waals surface area contributed by atoms with Gasteiger partial charge in [0.2, 0.25) is 12.3 Å². The van der Waals surface area contributed by atoms with Gasteiger partial charge < -0.3 is 19.9 Å². The number of amides is 2. The van der Waals surface area contributed by atoms with Crippen LogP contribution >= 0.6 is 0 Å². The van der Waals surface area contributed by atoms with Gasteiger partial charge in [0, 0.05) is 31.9 Å². The molecule has 1 fully saturated rings. The van der Waals surface area contributed by atoms with Crippen molar-refractivity contribution in [1.82, 2.24) is 9.80 Å². The van der Waals surface area contributed by atoms with Crippen molar-refractivity contribution >= 4 is 24.0 Å². The molecule has 1 heterocycles. The van der Waals surface area contributed by atoms with Gasteiger partial charge in [0.15, 0.2) is 0 Å². The third-order valence-corrected chi connectivity index (χ3v) is 3.58. The SMILES string of the molecule is COC(=O)c1ccccc1NCC(=O)N1CCN(C=O)CC1. The summed E-state index contributed by atoms with van der Waals surface area (Å²) >= 11 is 0. The number of rotatable bonds is 5. The molecule has 1 aliphatic heterocycles. The number of para-hydroxylation sites is 1. The van der Waals surface area contributed by atoms with Crippen LogP contribution in [0.3, 0.4) is 0 Å². The molecule has 1 aliphatic rings. The molecule has 118 valence electrons. The van der Waals surface area contributed by atoms with E-state index in [-0.39, 0.29) is 12.5 Å². The third kappa shape index (κ3) is 3.75. The molecule has 1 aromatic carbocycles. The van der Waals surface area contributed by atoms with E-state index in [2.05, 4.69) is 5.32 Å². The highest BCUT2D eigenvalue weighted by Crippen LogP contribution is 2.15. The molecular weight excluding hydrogens is 286 g/mol. The average Bonchev–Trinajstić information content (AvgIpc) is 2.59. The predicted molar refractivity (Wildman–Crippen MR) is 80.5 cm³/mol. The lowest BCUT2D eigenvalue weighted by Crippen LogP contribution is -2.49. The zero-order valence-electron chi connectivity index (χ0n) is 12.4. The lowest BCUT2D eigenvalue weighted by molar-refractivity contribution is -0.133. The standard InChI is InChI=1S/C15H19N3O4/c1-22-15(21)12-4-2-3-5-13(12)16-10-14(20)18-8-6-17(11-19)7-9-18/h2-5,11,16H,6-10H2,1H3. The van der Waals surface area contributed by atoms with Gasteiger partial charge in [0.05, 0.1) is 19.2 Å². The van der Waals surface area contributed by atoms with Gasteiger partial charge in [-0.15, -0.1) is 0 Å². The Morgan fingerprint density at radius 3 is 2.55 bits per heavy atom. The molecule has 0 aliphatic carbocycles. The fraction of sp³-hybridized carbons (Fsp3) is 0.400. The Morgan fingerprint density at radius 2 is 1.91 bits per heavy atom. The fourth-order valence-electron chi connectivity index (χ4n) is 2.28. The quantitative estimate of drug-likeness (QED) is 0.620. The highest BCUT2D eigenvalue weighted by atomic mass is 16.5. The number of hydrogen-bond donors (Lipinski definition) is 1. The number of hydrogen-bond acceptors (Lipinski definition) is 5. The van der Waals surface area contributed by atoms with Crippen LogP contribution in [0.1, 0.15) is 10.4 Å². The van der Waals surface area contributed by atoms with Crippen molar-refractivity contribution in [3.63, 3.8) is 0 Å². The van der Waals surface area contributed by atoms with Crippen LogP contribution in [0.25, 0.3) is 0 Å². The van der Waals surface area contributed by atoms with Crippen LogP contribution in [0.2, 0.25) is 0 Å². The summed E-state index contributed by atoms with van der Waals surface area (Å²) in [4.78, 5) is 37.8. The first kappa shape index (κ1) is 15.8. The van der Waals surface area contributed by atoms with Gasteiger partial charge in [-0.3, -0.25) is 9.59 Å². The Morgan fingerprint density at radius 1 is 1.23 bits per heavy atom. The molecule has 7 heteroatoms. The fourth-order valence-corrected chi connectivity index (χ4v) is 2.28. The summed E-state index contributed by atoms with van der Waals surface area (Å²) in [6.07, 6.45) is 0.798. The molecule has 0 saturated carbocycles. The molecule has 1 N–H and O–H groups in total. The van der Waals surface area contributed by atoms with E-state index in [4.69, 9.17) is 4.74 Å². The van der Waals surface area contributed by atoms with Crippen LogP contribution in [-0.4, -0.2) is 67.9 Å². The molecule has 22 heavy (non-hydrogen) atoms. The maximum Gasteiger partial charge on any atom is 0.339 e. The van der Waals surface area contributed by atoms with Gasteiger partial charge >= 0.3 is 5.97 Å². The van der Waals surface area contributed by atoms with Crippen molar-refractivity contribution in [2.75, 3.05) is 45.2 Å². The summed E-state index contributed by atoms with van der Waals surface area (Å²) in [6, 6.07) is 6.88. The van der Waals surface area contributed by atoms with E-state index in [0.29, 0.717) is 37.4 Å². The van der Waals surface area contributed by atoms with Gasteiger partial charge in [0.1, 0.15) is 0 Å². The number of nitrogens with one attached hydrogen (secondary N) is 1. The minimum absolute atomic E-state index is 0.0646. The van der Waals surface area contributed by atoms with Gasteiger partial charge in [-0.25, -0.2) is 4.79 Å². The highest BCUT2D eigenvalue weighted by Gasteiger charge is 2.20. The Labute approximate surface area is 128 Å². The first-order valence-electron chi connectivity index (χ1n) is 7.04. The van der Waals surface area contributed by atoms with Gasteiger partial charge in [-0.05, 0) is 12.1 Å². The average molecular weight is 305 g/mol. The molecule has 1 aromatic rings. The maximum absolute atomic E-state index is 12.2. The van der Waals surface area contributed by atoms with Crippen molar-refractivity contribution < 1.29 is 19.1 Å². The van der Waals surface area contributed by atoms with E-state index in [1.165, 1.54) is 7.11 Å². The van der Waals surface area contributed by atoms with Crippen LogP contribution in [0.5, 0.6) is 0 Å². The van der Waals surface area contributed by atoms with E-state index in [0.717, 1.165) is 6.41 Å². The van der Waals surface area contributed by atoms with Crippen molar-refractivity contribution in [3.8, 4) is 0 Å². The van der Waals surface area contributed by atoms with Crippen molar-refractivity contribution in [1.29, 1.82) is 0 Å². The zero-order valence-corrected chi connectivity index (χ0v) is 12.4.